The highest BCUT2D eigenvalue weighted by atomic mass is 79.9. The van der Waals surface area contributed by atoms with E-state index in [1.54, 1.807) is 0 Å². The van der Waals surface area contributed by atoms with Gasteiger partial charge in [-0.25, -0.2) is 0 Å². The van der Waals surface area contributed by atoms with E-state index < -0.39 is 5.41 Å². The molecular formula is C30H18BrNO. The highest BCUT2D eigenvalue weighted by Gasteiger charge is 2.52. The van der Waals surface area contributed by atoms with Crippen LogP contribution in [0.2, 0.25) is 0 Å². The lowest BCUT2D eigenvalue weighted by atomic mass is 9.64. The Balaban J connectivity index is 1.75. The third kappa shape index (κ3) is 2.32. The molecule has 0 aromatic heterocycles. The van der Waals surface area contributed by atoms with Crippen LogP contribution in [0.15, 0.2) is 95.0 Å². The van der Waals surface area contributed by atoms with Gasteiger partial charge in [0.1, 0.15) is 11.5 Å². The molecule has 33 heavy (non-hydrogen) atoms. The molecule has 2 aliphatic carbocycles. The van der Waals surface area contributed by atoms with Gasteiger partial charge in [0.05, 0.1) is 17.0 Å². The zero-order valence-electron chi connectivity index (χ0n) is 17.7. The van der Waals surface area contributed by atoms with Gasteiger partial charge in [0.2, 0.25) is 0 Å². The molecular weight excluding hydrogens is 470 g/mol. The third-order valence-corrected chi connectivity index (χ3v) is 7.94. The summed E-state index contributed by atoms with van der Waals surface area (Å²) in [5, 5.41) is 12.3. The minimum atomic E-state index is -0.523. The Morgan fingerprint density at radius 1 is 0.788 bits per heavy atom. The van der Waals surface area contributed by atoms with Crippen LogP contribution in [0.25, 0.3) is 16.3 Å². The first kappa shape index (κ1) is 18.9. The molecule has 1 heterocycles. The molecule has 4 aromatic carbocycles. The summed E-state index contributed by atoms with van der Waals surface area (Å²) in [6, 6.07) is 29.7. The number of halogens is 1. The maximum Gasteiger partial charge on any atom is 0.132 e. The van der Waals surface area contributed by atoms with Gasteiger partial charge in [-0.2, -0.15) is 5.26 Å². The fourth-order valence-electron chi connectivity index (χ4n) is 6.10. The second-order valence-electron chi connectivity index (χ2n) is 8.83. The second-order valence-corrected chi connectivity index (χ2v) is 9.85. The number of nitriles is 1. The van der Waals surface area contributed by atoms with Gasteiger partial charge in [0.15, 0.2) is 0 Å². The first-order chi connectivity index (χ1) is 16.2. The Morgan fingerprint density at radius 3 is 2.12 bits per heavy atom. The highest BCUT2D eigenvalue weighted by Crippen LogP contribution is 2.64. The molecule has 0 N–H and O–H groups in total. The smallest absolute Gasteiger partial charge is 0.132 e. The molecule has 0 unspecified atom stereocenters. The number of allylic oxidation sites excluding steroid dienone is 4. The quantitative estimate of drug-likeness (QED) is 0.251. The van der Waals surface area contributed by atoms with Gasteiger partial charge in [-0.05, 0) is 69.3 Å². The predicted molar refractivity (Wildman–Crippen MR) is 135 cm³/mol. The van der Waals surface area contributed by atoms with Crippen molar-refractivity contribution in [2.45, 2.75) is 18.3 Å². The first-order valence-electron chi connectivity index (χ1n) is 11.2. The van der Waals surface area contributed by atoms with Crippen molar-refractivity contribution in [2.24, 2.45) is 0 Å². The number of hydrogen-bond acceptors (Lipinski definition) is 2. The van der Waals surface area contributed by atoms with Crippen molar-refractivity contribution in [3.8, 4) is 17.6 Å². The van der Waals surface area contributed by atoms with Gasteiger partial charge < -0.3 is 4.74 Å². The van der Waals surface area contributed by atoms with Crippen LogP contribution < -0.4 is 4.74 Å². The van der Waals surface area contributed by atoms with Crippen LogP contribution in [-0.2, 0) is 5.41 Å². The fraction of sp³-hybridized carbons (Fsp3) is 0.100. The van der Waals surface area contributed by atoms with Crippen molar-refractivity contribution >= 4 is 32.3 Å². The SMILES string of the molecule is N#Cc1cc2c(c3ccccc13)C1=C(C=C(Br)CC1)C21c2ccccc2Oc2ccccc21. The summed E-state index contributed by atoms with van der Waals surface area (Å²) in [5.41, 5.74) is 7.59. The molecule has 0 saturated heterocycles. The molecule has 0 saturated carbocycles. The van der Waals surface area contributed by atoms with Crippen LogP contribution in [0.1, 0.15) is 40.7 Å². The van der Waals surface area contributed by atoms with Gasteiger partial charge in [-0.1, -0.05) is 76.6 Å². The van der Waals surface area contributed by atoms with Gasteiger partial charge in [0.25, 0.3) is 0 Å². The molecule has 0 atom stereocenters. The van der Waals surface area contributed by atoms with Crippen LogP contribution in [-0.4, -0.2) is 0 Å². The number of hydrogen-bond donors (Lipinski definition) is 0. The number of nitrogens with zero attached hydrogens (tertiary/aromatic N) is 1. The number of rotatable bonds is 0. The minimum absolute atomic E-state index is 0.523. The van der Waals surface area contributed by atoms with E-state index in [0.717, 1.165) is 46.2 Å². The van der Waals surface area contributed by atoms with E-state index in [-0.39, 0.29) is 0 Å². The van der Waals surface area contributed by atoms with Gasteiger partial charge >= 0.3 is 0 Å². The van der Waals surface area contributed by atoms with E-state index in [0.29, 0.717) is 5.56 Å². The number of para-hydroxylation sites is 2. The molecule has 0 amide bonds. The average Bonchev–Trinajstić information content (AvgIpc) is 3.14. The Hall–Kier alpha value is -3.61. The summed E-state index contributed by atoms with van der Waals surface area (Å²) in [7, 11) is 0. The van der Waals surface area contributed by atoms with Crippen molar-refractivity contribution in [1.82, 2.24) is 0 Å². The molecule has 1 spiro atoms. The lowest BCUT2D eigenvalue weighted by molar-refractivity contribution is 0.435. The summed E-state index contributed by atoms with van der Waals surface area (Å²) >= 11 is 3.82. The number of fused-ring (bicyclic) bond motifs is 10. The molecule has 3 heteroatoms. The predicted octanol–water partition coefficient (Wildman–Crippen LogP) is 7.99. The van der Waals surface area contributed by atoms with E-state index >= 15 is 0 Å². The molecule has 0 fully saturated rings. The largest absolute Gasteiger partial charge is 0.457 e. The molecule has 3 aliphatic rings. The average molecular weight is 488 g/mol. The molecule has 0 bridgehead atoms. The van der Waals surface area contributed by atoms with Crippen molar-refractivity contribution in [1.29, 1.82) is 5.26 Å². The number of benzene rings is 4. The van der Waals surface area contributed by atoms with E-state index in [2.05, 4.69) is 88.7 Å². The standard InChI is InChI=1S/C30H18BrNO/c31-19-13-14-22-25(16-19)30(26-15-18(17-32)20-7-1-2-8-21(20)29(22)26)23-9-3-5-11-27(23)33-28-12-6-4-10-24(28)30/h1-12,15-16H,13-14H2. The van der Waals surface area contributed by atoms with E-state index in [1.807, 2.05) is 18.2 Å². The Morgan fingerprint density at radius 2 is 1.42 bits per heavy atom. The van der Waals surface area contributed by atoms with Crippen LogP contribution in [0.4, 0.5) is 0 Å². The van der Waals surface area contributed by atoms with E-state index in [1.165, 1.54) is 26.8 Å². The van der Waals surface area contributed by atoms with Crippen molar-refractivity contribution in [2.75, 3.05) is 0 Å². The zero-order valence-corrected chi connectivity index (χ0v) is 19.3. The zero-order chi connectivity index (χ0) is 22.2. The molecule has 2 nitrogen and oxygen atoms in total. The summed E-state index contributed by atoms with van der Waals surface area (Å²) in [6.45, 7) is 0. The third-order valence-electron chi connectivity index (χ3n) is 7.32. The van der Waals surface area contributed by atoms with Crippen molar-refractivity contribution in [3.05, 3.63) is 123 Å². The van der Waals surface area contributed by atoms with Crippen molar-refractivity contribution in [3.63, 3.8) is 0 Å². The van der Waals surface area contributed by atoms with Crippen molar-refractivity contribution < 1.29 is 4.74 Å². The summed E-state index contributed by atoms with van der Waals surface area (Å²) in [4.78, 5) is 0. The van der Waals surface area contributed by atoms with E-state index in [4.69, 9.17) is 4.74 Å². The molecule has 4 aromatic rings. The van der Waals surface area contributed by atoms with Gasteiger partial charge in [-0.3, -0.25) is 0 Å². The van der Waals surface area contributed by atoms with Gasteiger partial charge in [0, 0.05) is 16.5 Å². The Kier molecular flexibility index (Phi) is 3.84. The van der Waals surface area contributed by atoms with Crippen LogP contribution in [0, 0.1) is 11.3 Å². The molecule has 7 rings (SSSR count). The van der Waals surface area contributed by atoms with Crippen LogP contribution >= 0.6 is 15.9 Å². The molecule has 1 aliphatic heterocycles. The highest BCUT2D eigenvalue weighted by molar-refractivity contribution is 9.11. The lowest BCUT2D eigenvalue weighted by Gasteiger charge is -2.40. The minimum Gasteiger partial charge on any atom is -0.457 e. The normalized spacial score (nSPS) is 16.9. The number of ether oxygens (including phenoxy) is 1. The Labute approximate surface area is 200 Å². The monoisotopic (exact) mass is 487 g/mol. The lowest BCUT2D eigenvalue weighted by Crippen LogP contribution is -2.33. The summed E-state index contributed by atoms with van der Waals surface area (Å²) in [6.07, 6.45) is 4.25. The Bertz CT molecular complexity index is 1570. The fourth-order valence-corrected chi connectivity index (χ4v) is 6.52. The maximum atomic E-state index is 10.1. The van der Waals surface area contributed by atoms with Gasteiger partial charge in [-0.15, -0.1) is 0 Å². The summed E-state index contributed by atoms with van der Waals surface area (Å²) in [5.74, 6) is 1.75. The summed E-state index contributed by atoms with van der Waals surface area (Å²) < 4.78 is 7.62. The van der Waals surface area contributed by atoms with Crippen LogP contribution in [0.3, 0.4) is 0 Å². The maximum absolute atomic E-state index is 10.1. The second kappa shape index (κ2) is 6.70. The molecule has 156 valence electrons. The van der Waals surface area contributed by atoms with Crippen LogP contribution in [0.5, 0.6) is 11.5 Å². The first-order valence-corrected chi connectivity index (χ1v) is 12.0. The molecule has 0 radical (unpaired) electrons. The van der Waals surface area contributed by atoms with E-state index in [9.17, 15) is 5.26 Å². The topological polar surface area (TPSA) is 33.0 Å².